The summed E-state index contributed by atoms with van der Waals surface area (Å²) in [4.78, 5) is 17.9. The van der Waals surface area contributed by atoms with Crippen molar-refractivity contribution in [1.29, 1.82) is 0 Å². The van der Waals surface area contributed by atoms with E-state index in [1.54, 1.807) is 11.8 Å². The zero-order valence-corrected chi connectivity index (χ0v) is 16.6. The number of hydrogen-bond acceptors (Lipinski definition) is 4. The Morgan fingerprint density at radius 3 is 2.38 bits per heavy atom. The number of amides is 1. The van der Waals surface area contributed by atoms with Crippen LogP contribution in [-0.2, 0) is 4.79 Å². The number of carbonyl (C=O) groups excluding carboxylic acids is 1. The Labute approximate surface area is 162 Å². The van der Waals surface area contributed by atoms with Crippen molar-refractivity contribution < 1.29 is 4.79 Å². The zero-order valence-electron chi connectivity index (χ0n) is 15.0. The Kier molecular flexibility index (Phi) is 6.47. The summed E-state index contributed by atoms with van der Waals surface area (Å²) >= 11 is 3.25. The van der Waals surface area contributed by atoms with E-state index in [2.05, 4.69) is 72.7 Å². The average molecular weight is 383 g/mol. The van der Waals surface area contributed by atoms with Gasteiger partial charge in [-0.25, -0.2) is 4.98 Å². The smallest absolute Gasteiger partial charge is 0.226 e. The molecule has 26 heavy (non-hydrogen) atoms. The lowest BCUT2D eigenvalue weighted by Crippen LogP contribution is -2.11. The molecule has 3 nitrogen and oxygen atoms in total. The summed E-state index contributed by atoms with van der Waals surface area (Å²) in [6.45, 7) is 4.15. The highest BCUT2D eigenvalue weighted by molar-refractivity contribution is 7.99. The number of aromatic nitrogens is 1. The number of benzene rings is 2. The van der Waals surface area contributed by atoms with Crippen LogP contribution in [0.15, 0.2) is 58.8 Å². The third-order valence-electron chi connectivity index (χ3n) is 3.94. The molecule has 1 amide bonds. The maximum Gasteiger partial charge on any atom is 0.226 e. The van der Waals surface area contributed by atoms with E-state index in [1.807, 2.05) is 5.38 Å². The largest absolute Gasteiger partial charge is 0.302 e. The Morgan fingerprint density at radius 1 is 1.04 bits per heavy atom. The van der Waals surface area contributed by atoms with Gasteiger partial charge >= 0.3 is 0 Å². The van der Waals surface area contributed by atoms with Crippen LogP contribution in [0, 0.1) is 13.8 Å². The molecular formula is C21H22N2OS2. The molecule has 5 heteroatoms. The van der Waals surface area contributed by atoms with Gasteiger partial charge in [0, 0.05) is 22.3 Å². The molecule has 1 aromatic heterocycles. The quantitative estimate of drug-likeness (QED) is 0.406. The third kappa shape index (κ3) is 5.44. The number of rotatable bonds is 7. The summed E-state index contributed by atoms with van der Waals surface area (Å²) in [7, 11) is 0. The second-order valence-corrected chi connectivity index (χ2v) is 8.24. The molecular weight excluding hydrogens is 360 g/mol. The topological polar surface area (TPSA) is 42.0 Å². The predicted molar refractivity (Wildman–Crippen MR) is 112 cm³/mol. The van der Waals surface area contributed by atoms with Gasteiger partial charge in [0.25, 0.3) is 0 Å². The van der Waals surface area contributed by atoms with Crippen molar-refractivity contribution in [3.05, 3.63) is 65.0 Å². The van der Waals surface area contributed by atoms with Crippen LogP contribution in [0.25, 0.3) is 11.3 Å². The van der Waals surface area contributed by atoms with E-state index in [0.29, 0.717) is 11.6 Å². The van der Waals surface area contributed by atoms with E-state index in [4.69, 9.17) is 0 Å². The number of thiazole rings is 1. The van der Waals surface area contributed by atoms with Gasteiger partial charge in [-0.3, -0.25) is 4.79 Å². The molecule has 0 bridgehead atoms. The molecule has 134 valence electrons. The molecule has 0 aliphatic heterocycles. The maximum atomic E-state index is 12.1. The van der Waals surface area contributed by atoms with Crippen LogP contribution in [0.3, 0.4) is 0 Å². The molecule has 3 aromatic rings. The number of aryl methyl sites for hydroxylation is 2. The van der Waals surface area contributed by atoms with Crippen molar-refractivity contribution in [1.82, 2.24) is 4.98 Å². The first-order valence-corrected chi connectivity index (χ1v) is 10.5. The minimum Gasteiger partial charge on any atom is -0.302 e. The molecule has 3 rings (SSSR count). The van der Waals surface area contributed by atoms with E-state index in [9.17, 15) is 4.79 Å². The lowest BCUT2D eigenvalue weighted by molar-refractivity contribution is -0.116. The number of thioether (sulfide) groups is 1. The highest BCUT2D eigenvalue weighted by Gasteiger charge is 2.08. The minimum atomic E-state index is 0.0271. The van der Waals surface area contributed by atoms with Gasteiger partial charge in [-0.1, -0.05) is 47.5 Å². The van der Waals surface area contributed by atoms with Gasteiger partial charge in [0.2, 0.25) is 5.91 Å². The van der Waals surface area contributed by atoms with Gasteiger partial charge in [-0.2, -0.15) is 0 Å². The lowest BCUT2D eigenvalue weighted by atomic mass is 10.1. The predicted octanol–water partition coefficient (Wildman–Crippen LogP) is 5.94. The van der Waals surface area contributed by atoms with Crippen molar-refractivity contribution in [2.75, 3.05) is 11.1 Å². The summed E-state index contributed by atoms with van der Waals surface area (Å²) in [5.74, 6) is 0.961. The van der Waals surface area contributed by atoms with Crippen LogP contribution < -0.4 is 5.32 Å². The van der Waals surface area contributed by atoms with E-state index < -0.39 is 0 Å². The summed E-state index contributed by atoms with van der Waals surface area (Å²) in [6, 6.07) is 16.7. The van der Waals surface area contributed by atoms with Gasteiger partial charge in [0.1, 0.15) is 0 Å². The van der Waals surface area contributed by atoms with E-state index in [1.165, 1.54) is 27.4 Å². The molecule has 0 unspecified atom stereocenters. The van der Waals surface area contributed by atoms with Crippen molar-refractivity contribution in [2.45, 2.75) is 31.6 Å². The SMILES string of the molecule is Cc1ccc(SCCCC(=O)Nc2nc(-c3ccc(C)cc3)cs2)cc1. The Bertz CT molecular complexity index is 854. The molecule has 0 saturated heterocycles. The first-order chi connectivity index (χ1) is 12.6. The van der Waals surface area contributed by atoms with Crippen LogP contribution >= 0.6 is 23.1 Å². The standard InChI is InChI=1S/C21H22N2OS2/c1-15-5-9-17(10-6-15)19-14-26-21(22-19)23-20(24)4-3-13-25-18-11-7-16(2)8-12-18/h5-12,14H,3-4,13H2,1-2H3,(H,22,23,24). The molecule has 0 atom stereocenters. The third-order valence-corrected chi connectivity index (χ3v) is 5.79. The average Bonchev–Trinajstić information content (AvgIpc) is 3.09. The number of nitrogens with zero attached hydrogens (tertiary/aromatic N) is 1. The van der Waals surface area contributed by atoms with Crippen LogP contribution in [0.1, 0.15) is 24.0 Å². The molecule has 0 spiro atoms. The van der Waals surface area contributed by atoms with Crippen LogP contribution in [0.5, 0.6) is 0 Å². The molecule has 0 aliphatic carbocycles. The fourth-order valence-corrected chi connectivity index (χ4v) is 4.02. The fourth-order valence-electron chi connectivity index (χ4n) is 2.43. The van der Waals surface area contributed by atoms with Crippen molar-refractivity contribution in [3.8, 4) is 11.3 Å². The first-order valence-electron chi connectivity index (χ1n) is 8.62. The minimum absolute atomic E-state index is 0.0271. The van der Waals surface area contributed by atoms with E-state index in [0.717, 1.165) is 23.4 Å². The molecule has 2 aromatic carbocycles. The number of carbonyl (C=O) groups is 1. The van der Waals surface area contributed by atoms with E-state index >= 15 is 0 Å². The number of nitrogens with one attached hydrogen (secondary N) is 1. The molecule has 1 N–H and O–H groups in total. The lowest BCUT2D eigenvalue weighted by Gasteiger charge is -2.03. The summed E-state index contributed by atoms with van der Waals surface area (Å²) in [5.41, 5.74) is 4.46. The fraction of sp³-hybridized carbons (Fsp3) is 0.238. The molecule has 0 fully saturated rings. The highest BCUT2D eigenvalue weighted by atomic mass is 32.2. The van der Waals surface area contributed by atoms with Crippen LogP contribution in [0.4, 0.5) is 5.13 Å². The summed E-state index contributed by atoms with van der Waals surface area (Å²) in [6.07, 6.45) is 1.36. The van der Waals surface area contributed by atoms with Crippen LogP contribution in [0.2, 0.25) is 0 Å². The van der Waals surface area contributed by atoms with Gasteiger partial charge in [-0.05, 0) is 38.2 Å². The second kappa shape index (κ2) is 9.01. The highest BCUT2D eigenvalue weighted by Crippen LogP contribution is 2.25. The number of anilines is 1. The van der Waals surface area contributed by atoms with Crippen molar-refractivity contribution in [2.24, 2.45) is 0 Å². The molecule has 0 saturated carbocycles. The van der Waals surface area contributed by atoms with Gasteiger partial charge in [-0.15, -0.1) is 23.1 Å². The van der Waals surface area contributed by atoms with Gasteiger partial charge < -0.3 is 5.32 Å². The maximum absolute atomic E-state index is 12.1. The van der Waals surface area contributed by atoms with Gasteiger partial charge in [0.15, 0.2) is 5.13 Å². The number of hydrogen-bond donors (Lipinski definition) is 1. The second-order valence-electron chi connectivity index (χ2n) is 6.22. The Balaban J connectivity index is 1.43. The molecule has 0 radical (unpaired) electrons. The Hall–Kier alpha value is -2.11. The normalized spacial score (nSPS) is 10.7. The summed E-state index contributed by atoms with van der Waals surface area (Å²) in [5, 5.41) is 5.55. The zero-order chi connectivity index (χ0) is 18.4. The Morgan fingerprint density at radius 2 is 1.69 bits per heavy atom. The van der Waals surface area contributed by atoms with Crippen molar-refractivity contribution in [3.63, 3.8) is 0 Å². The van der Waals surface area contributed by atoms with Gasteiger partial charge in [0.05, 0.1) is 5.69 Å². The molecule has 1 heterocycles. The van der Waals surface area contributed by atoms with Crippen LogP contribution in [-0.4, -0.2) is 16.6 Å². The monoisotopic (exact) mass is 382 g/mol. The first kappa shape index (κ1) is 18.7. The summed E-state index contributed by atoms with van der Waals surface area (Å²) < 4.78 is 0. The van der Waals surface area contributed by atoms with E-state index in [-0.39, 0.29) is 5.91 Å². The molecule has 0 aliphatic rings. The van der Waals surface area contributed by atoms with Crippen molar-refractivity contribution >= 4 is 34.1 Å².